The second kappa shape index (κ2) is 8.60. The number of carbonyl (C=O) groups is 2. The molecule has 0 bridgehead atoms. The van der Waals surface area contributed by atoms with Crippen LogP contribution in [-0.2, 0) is 11.3 Å². The van der Waals surface area contributed by atoms with Crippen LogP contribution in [0.5, 0.6) is 0 Å². The summed E-state index contributed by atoms with van der Waals surface area (Å²) < 4.78 is 1.90. The Morgan fingerprint density at radius 3 is 2.53 bits per heavy atom. The number of nitrogens with one attached hydrogen (secondary N) is 2. The molecule has 2 saturated heterocycles. The fraction of sp³-hybridized carbons (Fsp3) is 0.522. The second-order valence-corrected chi connectivity index (χ2v) is 8.99. The van der Waals surface area contributed by atoms with Gasteiger partial charge in [-0.05, 0) is 62.7 Å². The summed E-state index contributed by atoms with van der Waals surface area (Å²) in [6.45, 7) is 6.97. The van der Waals surface area contributed by atoms with Crippen LogP contribution in [0.4, 0.5) is 4.79 Å². The highest BCUT2D eigenvalue weighted by molar-refractivity contribution is 6.07. The van der Waals surface area contributed by atoms with E-state index in [1.165, 1.54) is 5.56 Å². The second-order valence-electron chi connectivity index (χ2n) is 8.99. The number of likely N-dealkylation sites (tertiary alicyclic amines) is 1. The van der Waals surface area contributed by atoms with Crippen LogP contribution in [0.1, 0.15) is 45.1 Å². The molecule has 2 aliphatic rings. The van der Waals surface area contributed by atoms with Gasteiger partial charge in [0.15, 0.2) is 0 Å². The zero-order valence-electron chi connectivity index (χ0n) is 17.8. The lowest BCUT2D eigenvalue weighted by atomic mass is 9.74. The number of hydrogen-bond acceptors (Lipinski definition) is 4. The number of amides is 3. The van der Waals surface area contributed by atoms with Gasteiger partial charge in [0.05, 0.1) is 11.9 Å². The van der Waals surface area contributed by atoms with E-state index in [1.807, 2.05) is 41.2 Å². The summed E-state index contributed by atoms with van der Waals surface area (Å²) in [7, 11) is 0. The number of carbonyl (C=O) groups excluding carboxylic acids is 2. The Labute approximate surface area is 177 Å². The van der Waals surface area contributed by atoms with E-state index in [9.17, 15) is 9.59 Å². The first kappa shape index (κ1) is 20.6. The third-order valence-corrected chi connectivity index (χ3v) is 6.43. The lowest BCUT2D eigenvalue weighted by Crippen LogP contribution is -2.56. The van der Waals surface area contributed by atoms with Crippen LogP contribution in [0.3, 0.4) is 0 Å². The van der Waals surface area contributed by atoms with Crippen LogP contribution >= 0.6 is 0 Å². The molecular formula is C23H31N5O2. The topological polar surface area (TPSA) is 79.3 Å². The summed E-state index contributed by atoms with van der Waals surface area (Å²) in [5.41, 5.74) is 1.49. The van der Waals surface area contributed by atoms with Crippen molar-refractivity contribution >= 4 is 11.9 Å². The van der Waals surface area contributed by atoms with Gasteiger partial charge in [0.2, 0.25) is 0 Å². The third-order valence-electron chi connectivity index (χ3n) is 6.43. The number of para-hydroxylation sites is 1. The van der Waals surface area contributed by atoms with E-state index >= 15 is 0 Å². The van der Waals surface area contributed by atoms with Gasteiger partial charge >= 0.3 is 6.03 Å². The maximum Gasteiger partial charge on any atom is 0.322 e. The number of imide groups is 1. The summed E-state index contributed by atoms with van der Waals surface area (Å²) in [4.78, 5) is 27.0. The first-order valence-electron chi connectivity index (χ1n) is 10.9. The first-order chi connectivity index (χ1) is 14.5. The number of nitrogens with zero attached hydrogens (tertiary/aromatic N) is 3. The molecule has 1 atom stereocenters. The number of urea groups is 1. The molecule has 30 heavy (non-hydrogen) atoms. The fourth-order valence-corrected chi connectivity index (χ4v) is 4.69. The van der Waals surface area contributed by atoms with E-state index in [0.29, 0.717) is 12.3 Å². The maximum atomic E-state index is 12.7. The predicted molar refractivity (Wildman–Crippen MR) is 115 cm³/mol. The zero-order chi connectivity index (χ0) is 21.1. The van der Waals surface area contributed by atoms with Crippen molar-refractivity contribution in [2.45, 2.75) is 51.6 Å². The van der Waals surface area contributed by atoms with Gasteiger partial charge in [-0.2, -0.15) is 5.10 Å². The summed E-state index contributed by atoms with van der Waals surface area (Å²) in [6.07, 6.45) is 7.44. The quantitative estimate of drug-likeness (QED) is 0.689. The first-order valence-corrected chi connectivity index (χ1v) is 10.9. The largest absolute Gasteiger partial charge is 0.323 e. The normalized spacial score (nSPS) is 23.0. The smallest absolute Gasteiger partial charge is 0.322 e. The van der Waals surface area contributed by atoms with Crippen LogP contribution in [0.2, 0.25) is 0 Å². The van der Waals surface area contributed by atoms with Gasteiger partial charge in [-0.25, -0.2) is 9.48 Å². The minimum absolute atomic E-state index is 0.143. The van der Waals surface area contributed by atoms with Crippen molar-refractivity contribution < 1.29 is 9.59 Å². The number of rotatable bonds is 7. The standard InChI is InChI=1S/C23H31N5O2/c1-17(2)8-11-23(21(29)25-22(30)26-23)19-9-12-27(13-10-19)15-18-14-24-28(16-18)20-6-4-3-5-7-20/h3-7,14,16-17,19H,8-13,15H2,1-2H3,(H2,25,26,29,30)/t23-/m1/s1. The van der Waals surface area contributed by atoms with Gasteiger partial charge < -0.3 is 5.32 Å². The van der Waals surface area contributed by atoms with E-state index in [4.69, 9.17) is 0 Å². The molecule has 3 amide bonds. The zero-order valence-corrected chi connectivity index (χ0v) is 17.8. The summed E-state index contributed by atoms with van der Waals surface area (Å²) in [5.74, 6) is 0.523. The van der Waals surface area contributed by atoms with Crippen molar-refractivity contribution in [1.82, 2.24) is 25.3 Å². The summed E-state index contributed by atoms with van der Waals surface area (Å²) in [6, 6.07) is 9.75. The minimum atomic E-state index is -0.744. The fourth-order valence-electron chi connectivity index (χ4n) is 4.69. The van der Waals surface area contributed by atoms with Crippen LogP contribution in [0, 0.1) is 11.8 Å². The average Bonchev–Trinajstić information content (AvgIpc) is 3.32. The molecule has 2 N–H and O–H groups in total. The van der Waals surface area contributed by atoms with E-state index in [0.717, 1.165) is 44.6 Å². The molecule has 4 rings (SSSR count). The highest BCUT2D eigenvalue weighted by Gasteiger charge is 2.51. The van der Waals surface area contributed by atoms with Crippen molar-refractivity contribution in [1.29, 1.82) is 0 Å². The predicted octanol–water partition coefficient (Wildman–Crippen LogP) is 3.10. The van der Waals surface area contributed by atoms with Crippen molar-refractivity contribution in [2.75, 3.05) is 13.1 Å². The summed E-state index contributed by atoms with van der Waals surface area (Å²) in [5, 5.41) is 9.97. The van der Waals surface area contributed by atoms with Gasteiger partial charge in [-0.3, -0.25) is 15.0 Å². The molecule has 0 unspecified atom stereocenters. The molecule has 3 heterocycles. The maximum absolute atomic E-state index is 12.7. The van der Waals surface area contributed by atoms with Crippen molar-refractivity contribution in [3.05, 3.63) is 48.3 Å². The van der Waals surface area contributed by atoms with Gasteiger partial charge in [0, 0.05) is 18.3 Å². The lowest BCUT2D eigenvalue weighted by molar-refractivity contribution is -0.127. The molecule has 0 radical (unpaired) electrons. The molecule has 0 aliphatic carbocycles. The SMILES string of the molecule is CC(C)CC[C@]1(C2CCN(Cc3cnn(-c4ccccc4)c3)CC2)NC(=O)NC1=O. The van der Waals surface area contributed by atoms with Gasteiger partial charge in [-0.15, -0.1) is 0 Å². The Morgan fingerprint density at radius 1 is 1.17 bits per heavy atom. The van der Waals surface area contributed by atoms with Crippen molar-refractivity contribution in [3.8, 4) is 5.69 Å². The molecule has 2 aliphatic heterocycles. The van der Waals surface area contributed by atoms with E-state index < -0.39 is 5.54 Å². The highest BCUT2D eigenvalue weighted by Crippen LogP contribution is 2.35. The summed E-state index contributed by atoms with van der Waals surface area (Å²) >= 11 is 0. The Kier molecular flexibility index (Phi) is 5.90. The average molecular weight is 410 g/mol. The van der Waals surface area contributed by atoms with Crippen LogP contribution in [0.15, 0.2) is 42.7 Å². The Hall–Kier alpha value is -2.67. The van der Waals surface area contributed by atoms with Crippen LogP contribution < -0.4 is 10.6 Å². The number of piperidine rings is 1. The van der Waals surface area contributed by atoms with E-state index in [-0.39, 0.29) is 17.9 Å². The molecule has 2 fully saturated rings. The van der Waals surface area contributed by atoms with Crippen molar-refractivity contribution in [3.63, 3.8) is 0 Å². The van der Waals surface area contributed by atoms with Crippen molar-refractivity contribution in [2.24, 2.45) is 11.8 Å². The highest BCUT2D eigenvalue weighted by atomic mass is 16.2. The van der Waals surface area contributed by atoms with Gasteiger partial charge in [0.25, 0.3) is 5.91 Å². The molecule has 7 heteroatoms. The monoisotopic (exact) mass is 409 g/mol. The number of aromatic nitrogens is 2. The molecular weight excluding hydrogens is 378 g/mol. The number of hydrogen-bond donors (Lipinski definition) is 2. The number of benzene rings is 1. The van der Waals surface area contributed by atoms with E-state index in [2.05, 4.69) is 40.7 Å². The molecule has 160 valence electrons. The Bertz CT molecular complexity index is 886. The third kappa shape index (κ3) is 4.26. The molecule has 1 aromatic carbocycles. The van der Waals surface area contributed by atoms with Crippen LogP contribution in [-0.4, -0.2) is 45.2 Å². The molecule has 0 spiro atoms. The lowest BCUT2D eigenvalue weighted by Gasteiger charge is -2.41. The molecule has 2 aromatic rings. The van der Waals surface area contributed by atoms with Gasteiger partial charge in [-0.1, -0.05) is 32.0 Å². The Balaban J connectivity index is 1.38. The minimum Gasteiger partial charge on any atom is -0.323 e. The molecule has 7 nitrogen and oxygen atoms in total. The van der Waals surface area contributed by atoms with Gasteiger partial charge in [0.1, 0.15) is 5.54 Å². The Morgan fingerprint density at radius 2 is 1.90 bits per heavy atom. The van der Waals surface area contributed by atoms with E-state index in [1.54, 1.807) is 0 Å². The van der Waals surface area contributed by atoms with Crippen LogP contribution in [0.25, 0.3) is 5.69 Å². The molecule has 0 saturated carbocycles. The molecule has 1 aromatic heterocycles.